The van der Waals surface area contributed by atoms with Gasteiger partial charge in [0.15, 0.2) is 9.84 Å². The summed E-state index contributed by atoms with van der Waals surface area (Å²) < 4.78 is 23.4. The van der Waals surface area contributed by atoms with E-state index in [2.05, 4.69) is 5.32 Å². The van der Waals surface area contributed by atoms with Crippen molar-refractivity contribution in [3.8, 4) is 0 Å². The van der Waals surface area contributed by atoms with E-state index >= 15 is 0 Å². The van der Waals surface area contributed by atoms with Gasteiger partial charge in [0.05, 0.1) is 17.1 Å². The van der Waals surface area contributed by atoms with Gasteiger partial charge in [-0.15, -0.1) is 0 Å². The van der Waals surface area contributed by atoms with Crippen molar-refractivity contribution >= 4 is 27.1 Å². The summed E-state index contributed by atoms with van der Waals surface area (Å²) in [5.41, 5.74) is 7.40. The van der Waals surface area contributed by atoms with E-state index in [9.17, 15) is 13.2 Å². The van der Waals surface area contributed by atoms with Gasteiger partial charge in [-0.1, -0.05) is 0 Å². The second kappa shape index (κ2) is 5.93. The number of sulfone groups is 1. The van der Waals surface area contributed by atoms with E-state index < -0.39 is 9.84 Å². The highest BCUT2D eigenvalue weighted by molar-refractivity contribution is 7.91. The highest BCUT2D eigenvalue weighted by Crippen LogP contribution is 2.24. The molecule has 1 heterocycles. The smallest absolute Gasteiger partial charge is 0.255 e. The first-order valence-corrected chi connectivity index (χ1v) is 8.69. The number of amides is 1. The van der Waals surface area contributed by atoms with Crippen molar-refractivity contribution in [2.24, 2.45) is 0 Å². The third-order valence-corrected chi connectivity index (χ3v) is 5.32. The lowest BCUT2D eigenvalue weighted by Gasteiger charge is -2.25. The minimum absolute atomic E-state index is 0.0946. The van der Waals surface area contributed by atoms with Crippen LogP contribution in [0.3, 0.4) is 0 Å². The summed E-state index contributed by atoms with van der Waals surface area (Å²) in [4.78, 5) is 13.7. The van der Waals surface area contributed by atoms with Gasteiger partial charge in [-0.05, 0) is 31.0 Å². The second-order valence-electron chi connectivity index (χ2n) is 5.60. The Morgan fingerprint density at radius 3 is 2.71 bits per heavy atom. The Kier molecular flexibility index (Phi) is 4.41. The number of carbonyl (C=O) groups excluding carboxylic acids is 1. The molecule has 1 aromatic carbocycles. The van der Waals surface area contributed by atoms with E-state index in [1.807, 2.05) is 0 Å². The van der Waals surface area contributed by atoms with Crippen LogP contribution in [-0.4, -0.2) is 50.9 Å². The molecule has 116 valence electrons. The molecule has 1 atom stereocenters. The highest BCUT2D eigenvalue weighted by Gasteiger charge is 2.26. The zero-order chi connectivity index (χ0) is 15.6. The molecule has 1 aliphatic heterocycles. The van der Waals surface area contributed by atoms with Crippen LogP contribution >= 0.6 is 0 Å². The lowest BCUT2D eigenvalue weighted by molar-refractivity contribution is 0.0828. The summed E-state index contributed by atoms with van der Waals surface area (Å²) in [5, 5.41) is 3.18. The molecule has 1 amide bonds. The zero-order valence-corrected chi connectivity index (χ0v) is 13.1. The normalized spacial score (nSPS) is 20.8. The molecule has 3 N–H and O–H groups in total. The molecule has 6 nitrogen and oxygen atoms in total. The van der Waals surface area contributed by atoms with Crippen LogP contribution in [0.1, 0.15) is 23.2 Å². The Hall–Kier alpha value is -1.76. The summed E-state index contributed by atoms with van der Waals surface area (Å²) in [6.07, 6.45) is 1.41. The van der Waals surface area contributed by atoms with Gasteiger partial charge in [-0.3, -0.25) is 4.79 Å². The average molecular weight is 311 g/mol. The molecule has 1 saturated heterocycles. The Morgan fingerprint density at radius 2 is 2.10 bits per heavy atom. The fourth-order valence-corrected chi connectivity index (χ4v) is 4.10. The summed E-state index contributed by atoms with van der Waals surface area (Å²) >= 11 is 0. The van der Waals surface area contributed by atoms with Gasteiger partial charge < -0.3 is 16.0 Å². The van der Waals surface area contributed by atoms with Crippen molar-refractivity contribution in [1.29, 1.82) is 0 Å². The van der Waals surface area contributed by atoms with E-state index in [-0.39, 0.29) is 23.5 Å². The highest BCUT2D eigenvalue weighted by atomic mass is 32.2. The first-order chi connectivity index (χ1) is 9.78. The SMILES string of the molecule is CN(C)C(=O)c1ccc(N)cc1NC1CCCS(=O)(=O)C1. The maximum absolute atomic E-state index is 12.2. The molecule has 7 heteroatoms. The number of nitrogen functional groups attached to an aromatic ring is 1. The first-order valence-electron chi connectivity index (χ1n) is 6.86. The lowest BCUT2D eigenvalue weighted by Crippen LogP contribution is -2.35. The minimum atomic E-state index is -3.00. The number of benzene rings is 1. The van der Waals surface area contributed by atoms with E-state index in [4.69, 9.17) is 5.73 Å². The third-order valence-electron chi connectivity index (χ3n) is 3.50. The number of hydrogen-bond donors (Lipinski definition) is 2. The molecule has 0 bridgehead atoms. The van der Waals surface area contributed by atoms with Crippen LogP contribution in [0.15, 0.2) is 18.2 Å². The summed E-state index contributed by atoms with van der Waals surface area (Å²) in [7, 11) is 0.348. The molecule has 1 aliphatic rings. The molecule has 0 aliphatic carbocycles. The van der Waals surface area contributed by atoms with Gasteiger partial charge >= 0.3 is 0 Å². The second-order valence-corrected chi connectivity index (χ2v) is 7.83. The Labute approximate surface area is 125 Å². The molecule has 1 unspecified atom stereocenters. The van der Waals surface area contributed by atoms with E-state index in [1.54, 1.807) is 32.3 Å². The number of carbonyl (C=O) groups is 1. The van der Waals surface area contributed by atoms with Crippen molar-refractivity contribution in [2.75, 3.05) is 36.7 Å². The molecule has 21 heavy (non-hydrogen) atoms. The number of nitrogens with two attached hydrogens (primary N) is 1. The molecule has 0 spiro atoms. The maximum atomic E-state index is 12.2. The topological polar surface area (TPSA) is 92.5 Å². The number of hydrogen-bond acceptors (Lipinski definition) is 5. The predicted octanol–water partition coefficient (Wildman–Crippen LogP) is 0.960. The molecule has 2 rings (SSSR count). The Morgan fingerprint density at radius 1 is 1.38 bits per heavy atom. The first kappa shape index (κ1) is 15.6. The average Bonchev–Trinajstić information content (AvgIpc) is 2.37. The minimum Gasteiger partial charge on any atom is -0.399 e. The van der Waals surface area contributed by atoms with E-state index in [1.165, 1.54) is 4.90 Å². The third kappa shape index (κ3) is 3.87. The van der Waals surface area contributed by atoms with Gasteiger partial charge in [-0.2, -0.15) is 0 Å². The van der Waals surface area contributed by atoms with Crippen LogP contribution in [0.25, 0.3) is 0 Å². The molecule has 0 aromatic heterocycles. The van der Waals surface area contributed by atoms with Gasteiger partial charge in [0.2, 0.25) is 0 Å². The van der Waals surface area contributed by atoms with Crippen LogP contribution in [0, 0.1) is 0 Å². The van der Waals surface area contributed by atoms with Gasteiger partial charge in [-0.25, -0.2) is 8.42 Å². The zero-order valence-electron chi connectivity index (χ0n) is 12.3. The summed E-state index contributed by atoms with van der Waals surface area (Å²) in [6, 6.07) is 4.83. The number of anilines is 2. The monoisotopic (exact) mass is 311 g/mol. The maximum Gasteiger partial charge on any atom is 0.255 e. The molecule has 0 radical (unpaired) electrons. The van der Waals surface area contributed by atoms with Crippen LogP contribution in [-0.2, 0) is 9.84 Å². The fraction of sp³-hybridized carbons (Fsp3) is 0.500. The molecule has 1 aromatic rings. The van der Waals surface area contributed by atoms with Crippen LogP contribution in [0.4, 0.5) is 11.4 Å². The van der Waals surface area contributed by atoms with Crippen molar-refractivity contribution in [1.82, 2.24) is 4.90 Å². The number of nitrogens with one attached hydrogen (secondary N) is 1. The molecule has 0 saturated carbocycles. The summed E-state index contributed by atoms with van der Waals surface area (Å²) in [5.74, 6) is 0.194. The van der Waals surface area contributed by atoms with Gasteiger partial charge in [0.1, 0.15) is 0 Å². The predicted molar refractivity (Wildman–Crippen MR) is 84.2 cm³/mol. The number of nitrogens with zero attached hydrogens (tertiary/aromatic N) is 1. The molecular weight excluding hydrogens is 290 g/mol. The van der Waals surface area contributed by atoms with Gasteiger partial charge in [0, 0.05) is 31.5 Å². The van der Waals surface area contributed by atoms with E-state index in [0.717, 1.165) is 6.42 Å². The molecule has 1 fully saturated rings. The summed E-state index contributed by atoms with van der Waals surface area (Å²) in [6.45, 7) is 0. The van der Waals surface area contributed by atoms with E-state index in [0.29, 0.717) is 23.4 Å². The Balaban J connectivity index is 2.26. The van der Waals surface area contributed by atoms with Crippen LogP contribution in [0.5, 0.6) is 0 Å². The standard InChI is InChI=1S/C14H21N3O3S/c1-17(2)14(18)12-6-5-10(15)8-13(12)16-11-4-3-7-21(19,20)9-11/h5-6,8,11,16H,3-4,7,9,15H2,1-2H3. The number of rotatable bonds is 3. The fourth-order valence-electron chi connectivity index (χ4n) is 2.47. The Bertz CT molecular complexity index is 641. The van der Waals surface area contributed by atoms with Crippen molar-refractivity contribution in [3.05, 3.63) is 23.8 Å². The van der Waals surface area contributed by atoms with Gasteiger partial charge in [0.25, 0.3) is 5.91 Å². The molecular formula is C14H21N3O3S. The largest absolute Gasteiger partial charge is 0.399 e. The van der Waals surface area contributed by atoms with Crippen molar-refractivity contribution in [3.63, 3.8) is 0 Å². The lowest BCUT2D eigenvalue weighted by atomic mass is 10.1. The quantitative estimate of drug-likeness (QED) is 0.811. The van der Waals surface area contributed by atoms with Crippen molar-refractivity contribution < 1.29 is 13.2 Å². The van der Waals surface area contributed by atoms with Crippen LogP contribution < -0.4 is 11.1 Å². The van der Waals surface area contributed by atoms with Crippen molar-refractivity contribution in [2.45, 2.75) is 18.9 Å². The van der Waals surface area contributed by atoms with Crippen LogP contribution in [0.2, 0.25) is 0 Å².